The Morgan fingerprint density at radius 1 is 1.19 bits per heavy atom. The van der Waals surface area contributed by atoms with Gasteiger partial charge in [0, 0.05) is 22.2 Å². The summed E-state index contributed by atoms with van der Waals surface area (Å²) in [5.74, 6) is -0.898. The van der Waals surface area contributed by atoms with Gasteiger partial charge in [-0.25, -0.2) is 4.79 Å². The van der Waals surface area contributed by atoms with Gasteiger partial charge in [0.05, 0.1) is 0 Å². The number of carbonyl (C=O) groups excluding carboxylic acids is 2. The van der Waals surface area contributed by atoms with E-state index in [4.69, 9.17) is 4.74 Å². The maximum Gasteiger partial charge on any atom is 0.414 e. The number of benzene rings is 2. The number of aliphatic hydroxyl groups is 1. The molecule has 3 N–H and O–H groups in total. The first-order valence-electron chi connectivity index (χ1n) is 8.08. The molecular formula is C19H20BrNO5. The third-order valence-electron chi connectivity index (χ3n) is 3.88. The average Bonchev–Trinajstić information content (AvgIpc) is 2.62. The number of carbonyl (C=O) groups is 2. The van der Waals surface area contributed by atoms with Gasteiger partial charge in [0.2, 0.25) is 0 Å². The van der Waals surface area contributed by atoms with Crippen molar-refractivity contribution in [2.24, 2.45) is 5.92 Å². The number of nitrogens with one attached hydrogen (secondary N) is 1. The highest BCUT2D eigenvalue weighted by Gasteiger charge is 2.27. The van der Waals surface area contributed by atoms with Crippen LogP contribution in [0.2, 0.25) is 0 Å². The number of aromatic hydroxyl groups is 1. The molecule has 0 aliphatic carbocycles. The molecule has 0 radical (unpaired) electrons. The summed E-state index contributed by atoms with van der Waals surface area (Å²) in [5, 5.41) is 21.5. The van der Waals surface area contributed by atoms with Crippen molar-refractivity contribution in [1.29, 1.82) is 0 Å². The minimum atomic E-state index is -0.923. The molecule has 7 heteroatoms. The number of amides is 2. The molecule has 0 aliphatic rings. The number of ether oxygens (including phenoxy) is 1. The molecule has 0 fully saturated rings. The zero-order valence-corrected chi connectivity index (χ0v) is 15.8. The molecule has 2 rings (SSSR count). The standard InChI is InChI=1S/C19H20BrNO5/c1-12(9-10-22)17(15-11-14(20)7-8-16(15)23)26-19(25)21-18(24)13-5-3-2-4-6-13/h2-8,11-12,17,22-23H,9-10H2,1H3,(H,21,24,25)/t12-,17-/m0/s1. The summed E-state index contributed by atoms with van der Waals surface area (Å²) in [7, 11) is 0. The number of halogens is 1. The summed E-state index contributed by atoms with van der Waals surface area (Å²) in [5.41, 5.74) is 0.720. The lowest BCUT2D eigenvalue weighted by Crippen LogP contribution is -2.33. The van der Waals surface area contributed by atoms with E-state index in [1.165, 1.54) is 6.07 Å². The third-order valence-corrected chi connectivity index (χ3v) is 4.38. The van der Waals surface area contributed by atoms with Crippen LogP contribution in [0.15, 0.2) is 53.0 Å². The predicted molar refractivity (Wildman–Crippen MR) is 99.8 cm³/mol. The monoisotopic (exact) mass is 421 g/mol. The minimum absolute atomic E-state index is 0.0369. The summed E-state index contributed by atoms with van der Waals surface area (Å²) in [6.07, 6.45) is -1.40. The first-order chi connectivity index (χ1) is 12.4. The maximum atomic E-state index is 12.2. The van der Waals surface area contributed by atoms with Crippen LogP contribution >= 0.6 is 15.9 Å². The average molecular weight is 422 g/mol. The Labute approximate surface area is 159 Å². The van der Waals surface area contributed by atoms with Crippen molar-refractivity contribution in [2.45, 2.75) is 19.4 Å². The van der Waals surface area contributed by atoms with E-state index in [0.717, 1.165) is 0 Å². The Bertz CT molecular complexity index is 766. The van der Waals surface area contributed by atoms with Gasteiger partial charge in [-0.1, -0.05) is 41.1 Å². The SMILES string of the molecule is C[C@@H](CCO)[C@H](OC(=O)NC(=O)c1ccccc1)c1cc(Br)ccc1O. The van der Waals surface area contributed by atoms with Gasteiger partial charge in [-0.3, -0.25) is 10.1 Å². The summed E-state index contributed by atoms with van der Waals surface area (Å²) >= 11 is 3.32. The largest absolute Gasteiger partial charge is 0.508 e. The van der Waals surface area contributed by atoms with Crippen LogP contribution in [0.3, 0.4) is 0 Å². The second-order valence-corrected chi connectivity index (χ2v) is 6.75. The molecule has 0 aromatic heterocycles. The van der Waals surface area contributed by atoms with Crippen LogP contribution in [0.5, 0.6) is 5.75 Å². The van der Waals surface area contributed by atoms with Gasteiger partial charge in [-0.05, 0) is 42.7 Å². The predicted octanol–water partition coefficient (Wildman–Crippen LogP) is 3.78. The molecule has 0 saturated carbocycles. The van der Waals surface area contributed by atoms with Gasteiger partial charge < -0.3 is 14.9 Å². The van der Waals surface area contributed by atoms with E-state index in [-0.39, 0.29) is 18.3 Å². The maximum absolute atomic E-state index is 12.2. The number of phenols is 1. The number of aliphatic hydroxyl groups excluding tert-OH is 1. The van der Waals surface area contributed by atoms with E-state index in [1.807, 2.05) is 0 Å². The Morgan fingerprint density at radius 2 is 1.88 bits per heavy atom. The minimum Gasteiger partial charge on any atom is -0.508 e. The fraction of sp³-hybridized carbons (Fsp3) is 0.263. The number of hydrogen-bond acceptors (Lipinski definition) is 5. The molecule has 2 atom stereocenters. The van der Waals surface area contributed by atoms with Crippen molar-refractivity contribution in [2.75, 3.05) is 6.61 Å². The Balaban J connectivity index is 2.17. The summed E-state index contributed by atoms with van der Waals surface area (Å²) < 4.78 is 6.12. The fourth-order valence-electron chi connectivity index (χ4n) is 2.49. The zero-order chi connectivity index (χ0) is 19.1. The molecule has 2 amide bonds. The topological polar surface area (TPSA) is 95.9 Å². The van der Waals surface area contributed by atoms with Crippen molar-refractivity contribution in [1.82, 2.24) is 5.32 Å². The summed E-state index contributed by atoms with van der Waals surface area (Å²) in [6.45, 7) is 1.69. The van der Waals surface area contributed by atoms with Crippen LogP contribution in [0.1, 0.15) is 35.4 Å². The summed E-state index contributed by atoms with van der Waals surface area (Å²) in [6, 6.07) is 13.1. The van der Waals surface area contributed by atoms with E-state index >= 15 is 0 Å². The number of imide groups is 1. The lowest BCUT2D eigenvalue weighted by molar-refractivity contribution is 0.0533. The Hall–Kier alpha value is -2.38. The molecule has 138 valence electrons. The smallest absolute Gasteiger partial charge is 0.414 e. The molecule has 0 unspecified atom stereocenters. The molecule has 0 heterocycles. The van der Waals surface area contributed by atoms with Crippen molar-refractivity contribution >= 4 is 27.9 Å². The van der Waals surface area contributed by atoms with Crippen molar-refractivity contribution < 1.29 is 24.5 Å². The van der Waals surface area contributed by atoms with Crippen LogP contribution in [-0.2, 0) is 4.74 Å². The molecule has 0 saturated heterocycles. The molecule has 6 nitrogen and oxygen atoms in total. The number of hydrogen-bond donors (Lipinski definition) is 3. The van der Waals surface area contributed by atoms with Gasteiger partial charge in [0.25, 0.3) is 5.91 Å². The van der Waals surface area contributed by atoms with Gasteiger partial charge in [0.1, 0.15) is 11.9 Å². The van der Waals surface area contributed by atoms with Crippen LogP contribution in [0.25, 0.3) is 0 Å². The molecule has 2 aromatic carbocycles. The quantitative estimate of drug-likeness (QED) is 0.659. The van der Waals surface area contributed by atoms with E-state index in [2.05, 4.69) is 21.2 Å². The first-order valence-corrected chi connectivity index (χ1v) is 8.88. The Kier molecular flexibility index (Phi) is 7.17. The molecule has 0 bridgehead atoms. The fourth-order valence-corrected chi connectivity index (χ4v) is 2.87. The van der Waals surface area contributed by atoms with Crippen LogP contribution in [0, 0.1) is 5.92 Å². The van der Waals surface area contributed by atoms with E-state index in [0.29, 0.717) is 22.0 Å². The van der Waals surface area contributed by atoms with E-state index in [1.54, 1.807) is 49.4 Å². The highest BCUT2D eigenvalue weighted by Crippen LogP contribution is 2.35. The second kappa shape index (κ2) is 9.35. The Morgan fingerprint density at radius 3 is 2.54 bits per heavy atom. The number of rotatable bonds is 6. The number of alkyl carbamates (subject to hydrolysis) is 1. The zero-order valence-electron chi connectivity index (χ0n) is 14.2. The van der Waals surface area contributed by atoms with Gasteiger partial charge in [-0.2, -0.15) is 0 Å². The van der Waals surface area contributed by atoms with Gasteiger partial charge >= 0.3 is 6.09 Å². The molecule has 2 aromatic rings. The van der Waals surface area contributed by atoms with E-state index < -0.39 is 18.1 Å². The highest BCUT2D eigenvalue weighted by molar-refractivity contribution is 9.10. The van der Waals surface area contributed by atoms with Gasteiger partial charge in [0.15, 0.2) is 0 Å². The molecule has 0 spiro atoms. The third kappa shape index (κ3) is 5.31. The van der Waals surface area contributed by atoms with E-state index in [9.17, 15) is 19.8 Å². The molecular weight excluding hydrogens is 402 g/mol. The lowest BCUT2D eigenvalue weighted by Gasteiger charge is -2.25. The highest BCUT2D eigenvalue weighted by atomic mass is 79.9. The first kappa shape index (κ1) is 19.9. The second-order valence-electron chi connectivity index (χ2n) is 5.84. The number of phenolic OH excluding ortho intramolecular Hbond substituents is 1. The normalized spacial score (nSPS) is 12.9. The van der Waals surface area contributed by atoms with Crippen molar-refractivity contribution in [3.8, 4) is 5.75 Å². The van der Waals surface area contributed by atoms with Crippen LogP contribution in [0.4, 0.5) is 4.79 Å². The molecule has 26 heavy (non-hydrogen) atoms. The lowest BCUT2D eigenvalue weighted by atomic mass is 9.94. The molecule has 0 aliphatic heterocycles. The van der Waals surface area contributed by atoms with Crippen LogP contribution in [-0.4, -0.2) is 28.8 Å². The summed E-state index contributed by atoms with van der Waals surface area (Å²) in [4.78, 5) is 24.3. The van der Waals surface area contributed by atoms with Gasteiger partial charge in [-0.15, -0.1) is 0 Å². The van der Waals surface area contributed by atoms with Crippen LogP contribution < -0.4 is 5.32 Å². The van der Waals surface area contributed by atoms with Crippen molar-refractivity contribution in [3.63, 3.8) is 0 Å². The van der Waals surface area contributed by atoms with Crippen molar-refractivity contribution in [3.05, 3.63) is 64.1 Å².